The van der Waals surface area contributed by atoms with Gasteiger partial charge in [0.05, 0.1) is 19.8 Å². The normalized spacial score (nSPS) is 26.3. The molecular weight excluding hydrogens is 410 g/mol. The number of carbonyl (C=O) groups excluding carboxylic acids is 1. The lowest BCUT2D eigenvalue weighted by Gasteiger charge is -2.42. The van der Waals surface area contributed by atoms with Gasteiger partial charge < -0.3 is 30.1 Å². The maximum Gasteiger partial charge on any atom is 0.217 e. The molecule has 1 aliphatic rings. The molecule has 1 saturated heterocycles. The van der Waals surface area contributed by atoms with Gasteiger partial charge in [0, 0.05) is 11.9 Å². The third-order valence-electron chi connectivity index (χ3n) is 5.25. The molecule has 0 radical (unpaired) electrons. The second kappa shape index (κ2) is 9.76. The van der Waals surface area contributed by atoms with Crippen LogP contribution in [0.5, 0.6) is 5.75 Å². The van der Waals surface area contributed by atoms with E-state index in [1.807, 2.05) is 30.3 Å². The van der Waals surface area contributed by atoms with E-state index < -0.39 is 37.1 Å². The molecule has 8 heteroatoms. The average Bonchev–Trinajstić information content (AvgIpc) is 2.74. The lowest BCUT2D eigenvalue weighted by molar-refractivity contribution is -0.196. The third-order valence-corrected chi connectivity index (χ3v) is 5.62. The maximum atomic E-state index is 11.4. The van der Waals surface area contributed by atoms with Crippen molar-refractivity contribution in [3.8, 4) is 5.75 Å². The minimum Gasteiger partial charge on any atom is -0.497 e. The van der Waals surface area contributed by atoms with E-state index in [-0.39, 0.29) is 5.91 Å². The first-order valence-electron chi connectivity index (χ1n) is 9.64. The summed E-state index contributed by atoms with van der Waals surface area (Å²) in [4.78, 5) is 11.4. The molecule has 1 heterocycles. The molecule has 0 aromatic heterocycles. The summed E-state index contributed by atoms with van der Waals surface area (Å²) in [6, 6.07) is 12.0. The number of aliphatic hydroxyl groups excluding tert-OH is 3. The molecule has 1 aliphatic heterocycles. The fourth-order valence-corrected chi connectivity index (χ4v) is 3.87. The number of hydrogen-bond acceptors (Lipinski definition) is 6. The number of carbonyl (C=O) groups is 1. The van der Waals surface area contributed by atoms with Crippen molar-refractivity contribution in [2.45, 2.75) is 43.8 Å². The fourth-order valence-electron chi connectivity index (χ4n) is 3.68. The molecule has 30 heavy (non-hydrogen) atoms. The van der Waals surface area contributed by atoms with Crippen LogP contribution in [-0.2, 0) is 16.0 Å². The standard InChI is InChI=1S/C22H26ClNO6/c1-12(26)24-19-18(11-25)30-22(21(28)20(19)27)14-5-8-17(23)15(10-14)9-13-3-6-16(29-2)7-4-13/h3-8,10,18-22,25,27-28H,9,11H2,1-2H3,(H,24,26)/t18-,19-,20+,21-,22+/m1/s1. The van der Waals surface area contributed by atoms with Gasteiger partial charge in [-0.25, -0.2) is 0 Å². The van der Waals surface area contributed by atoms with Gasteiger partial charge in [-0.15, -0.1) is 0 Å². The SMILES string of the molecule is COc1ccc(Cc2cc([C@@H]3O[C@H](CO)[C@@H](NC(C)=O)[C@H](O)[C@H]3O)ccc2Cl)cc1. The molecule has 3 rings (SSSR count). The van der Waals surface area contributed by atoms with E-state index in [0.29, 0.717) is 17.0 Å². The van der Waals surface area contributed by atoms with Crippen LogP contribution in [0.3, 0.4) is 0 Å². The minimum atomic E-state index is -1.30. The second-order valence-electron chi connectivity index (χ2n) is 7.36. The predicted molar refractivity (Wildman–Crippen MR) is 112 cm³/mol. The van der Waals surface area contributed by atoms with Crippen LogP contribution in [0.15, 0.2) is 42.5 Å². The van der Waals surface area contributed by atoms with Gasteiger partial charge in [0.15, 0.2) is 0 Å². The zero-order valence-electron chi connectivity index (χ0n) is 16.8. The van der Waals surface area contributed by atoms with Gasteiger partial charge >= 0.3 is 0 Å². The summed E-state index contributed by atoms with van der Waals surface area (Å²) >= 11 is 6.38. The summed E-state index contributed by atoms with van der Waals surface area (Å²) in [5.41, 5.74) is 2.47. The average molecular weight is 436 g/mol. The number of hydrogen-bond donors (Lipinski definition) is 4. The highest BCUT2D eigenvalue weighted by Crippen LogP contribution is 2.34. The van der Waals surface area contributed by atoms with Crippen molar-refractivity contribution in [3.05, 3.63) is 64.2 Å². The second-order valence-corrected chi connectivity index (χ2v) is 7.77. The van der Waals surface area contributed by atoms with Gasteiger partial charge in [-0.3, -0.25) is 4.79 Å². The Balaban J connectivity index is 1.84. The van der Waals surface area contributed by atoms with Crippen LogP contribution in [0.25, 0.3) is 0 Å². The molecule has 0 saturated carbocycles. The predicted octanol–water partition coefficient (Wildman–Crippen LogP) is 1.60. The van der Waals surface area contributed by atoms with Crippen molar-refractivity contribution in [3.63, 3.8) is 0 Å². The molecule has 0 spiro atoms. The molecule has 2 aromatic rings. The summed E-state index contributed by atoms with van der Waals surface area (Å²) in [5, 5.41) is 34.0. The Morgan fingerprint density at radius 1 is 1.17 bits per heavy atom. The highest BCUT2D eigenvalue weighted by molar-refractivity contribution is 6.31. The van der Waals surface area contributed by atoms with E-state index in [1.165, 1.54) is 6.92 Å². The first kappa shape index (κ1) is 22.5. The molecule has 4 N–H and O–H groups in total. The van der Waals surface area contributed by atoms with Gasteiger partial charge in [-0.2, -0.15) is 0 Å². The van der Waals surface area contributed by atoms with Crippen molar-refractivity contribution in [2.24, 2.45) is 0 Å². The van der Waals surface area contributed by atoms with Crippen LogP contribution in [-0.4, -0.2) is 59.3 Å². The van der Waals surface area contributed by atoms with Crippen molar-refractivity contribution in [2.75, 3.05) is 13.7 Å². The van der Waals surface area contributed by atoms with Crippen molar-refractivity contribution >= 4 is 17.5 Å². The molecule has 0 bridgehead atoms. The smallest absolute Gasteiger partial charge is 0.217 e. The summed E-state index contributed by atoms with van der Waals surface area (Å²) in [5.74, 6) is 0.370. The summed E-state index contributed by atoms with van der Waals surface area (Å²) in [6.45, 7) is 0.877. The first-order chi connectivity index (χ1) is 14.3. The van der Waals surface area contributed by atoms with E-state index in [9.17, 15) is 20.1 Å². The van der Waals surface area contributed by atoms with Crippen LogP contribution in [0, 0.1) is 0 Å². The molecular formula is C22H26ClNO6. The van der Waals surface area contributed by atoms with E-state index in [1.54, 1.807) is 19.2 Å². The Labute approximate surface area is 180 Å². The number of halogens is 1. The van der Waals surface area contributed by atoms with Crippen molar-refractivity contribution < 1.29 is 29.6 Å². The highest BCUT2D eigenvalue weighted by atomic mass is 35.5. The topological polar surface area (TPSA) is 108 Å². The van der Waals surface area contributed by atoms with Crippen LogP contribution in [0.4, 0.5) is 0 Å². The largest absolute Gasteiger partial charge is 0.497 e. The van der Waals surface area contributed by atoms with Crippen LogP contribution in [0.2, 0.25) is 5.02 Å². The lowest BCUT2D eigenvalue weighted by Crippen LogP contribution is -2.61. The molecule has 7 nitrogen and oxygen atoms in total. The molecule has 0 unspecified atom stereocenters. The third kappa shape index (κ3) is 4.94. The quantitative estimate of drug-likeness (QED) is 0.549. The Kier molecular flexibility index (Phi) is 7.33. The van der Waals surface area contributed by atoms with Crippen molar-refractivity contribution in [1.82, 2.24) is 5.32 Å². The monoisotopic (exact) mass is 435 g/mol. The zero-order valence-corrected chi connectivity index (χ0v) is 17.5. The number of nitrogens with one attached hydrogen (secondary N) is 1. The molecule has 1 fully saturated rings. The van der Waals surface area contributed by atoms with Crippen LogP contribution >= 0.6 is 11.6 Å². The van der Waals surface area contributed by atoms with E-state index in [2.05, 4.69) is 5.32 Å². The minimum absolute atomic E-state index is 0.389. The number of ether oxygens (including phenoxy) is 2. The maximum absolute atomic E-state index is 11.4. The van der Waals surface area contributed by atoms with Gasteiger partial charge in [-0.05, 0) is 41.3 Å². The van der Waals surface area contributed by atoms with Crippen LogP contribution in [0.1, 0.15) is 29.7 Å². The molecule has 162 valence electrons. The van der Waals surface area contributed by atoms with Crippen molar-refractivity contribution in [1.29, 1.82) is 0 Å². The Morgan fingerprint density at radius 2 is 1.87 bits per heavy atom. The van der Waals surface area contributed by atoms with E-state index in [4.69, 9.17) is 21.1 Å². The van der Waals surface area contributed by atoms with Gasteiger partial charge in [0.25, 0.3) is 0 Å². The molecule has 5 atom stereocenters. The summed E-state index contributed by atoms with van der Waals surface area (Å²) in [6.07, 6.45) is -3.78. The van der Waals surface area contributed by atoms with E-state index in [0.717, 1.165) is 16.9 Å². The summed E-state index contributed by atoms with van der Waals surface area (Å²) in [7, 11) is 1.61. The Morgan fingerprint density at radius 3 is 2.47 bits per heavy atom. The van der Waals surface area contributed by atoms with Gasteiger partial charge in [0.1, 0.15) is 30.2 Å². The Hall–Kier alpha value is -2.16. The van der Waals surface area contributed by atoms with Gasteiger partial charge in [-0.1, -0.05) is 35.9 Å². The molecule has 0 aliphatic carbocycles. The number of methoxy groups -OCH3 is 1. The number of benzene rings is 2. The number of aliphatic hydroxyl groups is 3. The molecule has 2 aromatic carbocycles. The number of amides is 1. The highest BCUT2D eigenvalue weighted by Gasteiger charge is 2.45. The fraction of sp³-hybridized carbons (Fsp3) is 0.409. The Bertz CT molecular complexity index is 872. The zero-order chi connectivity index (χ0) is 21.8. The first-order valence-corrected chi connectivity index (χ1v) is 10.0. The lowest BCUT2D eigenvalue weighted by atomic mass is 9.88. The number of rotatable bonds is 6. The van der Waals surface area contributed by atoms with Gasteiger partial charge in [0.2, 0.25) is 5.91 Å². The summed E-state index contributed by atoms with van der Waals surface area (Å²) < 4.78 is 11.0. The van der Waals surface area contributed by atoms with Crippen LogP contribution < -0.4 is 10.1 Å². The van der Waals surface area contributed by atoms with E-state index >= 15 is 0 Å². The molecule has 1 amide bonds.